The number of alkyl carbamates (subject to hydrolysis) is 1. The van der Waals surface area contributed by atoms with Crippen LogP contribution in [0.2, 0.25) is 0 Å². The van der Waals surface area contributed by atoms with Crippen LogP contribution in [0.15, 0.2) is 6.20 Å². The van der Waals surface area contributed by atoms with Crippen LogP contribution in [0, 0.1) is 0 Å². The van der Waals surface area contributed by atoms with Crippen molar-refractivity contribution in [2.24, 2.45) is 0 Å². The molecule has 30 heavy (non-hydrogen) atoms. The van der Waals surface area contributed by atoms with E-state index in [1.807, 2.05) is 0 Å². The van der Waals surface area contributed by atoms with Crippen molar-refractivity contribution >= 4 is 28.6 Å². The molecule has 3 N–H and O–H groups in total. The first-order chi connectivity index (χ1) is 13.8. The molecule has 2 atom stereocenters. The highest BCUT2D eigenvalue weighted by molar-refractivity contribution is 7.80. The number of amides is 4. The van der Waals surface area contributed by atoms with E-state index in [1.165, 1.54) is 18.1 Å². The van der Waals surface area contributed by atoms with Crippen LogP contribution in [-0.2, 0) is 19.4 Å². The molecule has 4 amide bonds. The Kier molecular flexibility index (Phi) is 5.38. The lowest BCUT2D eigenvalue weighted by Gasteiger charge is -2.30. The normalized spacial score (nSPS) is 20.8. The molecule has 166 valence electrons. The maximum absolute atomic E-state index is 12.7. The quantitative estimate of drug-likeness (QED) is 0.545. The molecule has 0 saturated carbocycles. The predicted molar refractivity (Wildman–Crippen MR) is 98.4 cm³/mol. The zero-order chi connectivity index (χ0) is 22.4. The summed E-state index contributed by atoms with van der Waals surface area (Å²) in [6, 6.07) is -3.19. The lowest BCUT2D eigenvalue weighted by Crippen LogP contribution is -2.42. The average Bonchev–Trinajstić information content (AvgIpc) is 3.15. The highest BCUT2D eigenvalue weighted by Gasteiger charge is 2.51. The molecule has 1 saturated heterocycles. The highest BCUT2D eigenvalue weighted by Crippen LogP contribution is 2.43. The summed E-state index contributed by atoms with van der Waals surface area (Å²) in [5.41, 5.74) is -0.141. The zero-order valence-corrected chi connectivity index (χ0v) is 17.5. The topological polar surface area (TPSA) is 172 Å². The van der Waals surface area contributed by atoms with Gasteiger partial charge in [0.1, 0.15) is 11.6 Å². The Morgan fingerprint density at radius 1 is 1.37 bits per heavy atom. The SMILES string of the molecule is CNC(=O)n1cc2c(n1)C(CNC(=O)OC(C)(C)C)N1C[C@H]2N(OS(=O)(=O)O)C1=O. The van der Waals surface area contributed by atoms with Crippen molar-refractivity contribution in [3.63, 3.8) is 0 Å². The molecule has 0 spiro atoms. The number of nitrogens with zero attached hydrogens (tertiary/aromatic N) is 4. The van der Waals surface area contributed by atoms with Crippen molar-refractivity contribution in [3.8, 4) is 0 Å². The molecular weight excluding hydrogens is 424 g/mol. The number of aromatic nitrogens is 2. The number of hydrogen-bond donors (Lipinski definition) is 3. The summed E-state index contributed by atoms with van der Waals surface area (Å²) < 4.78 is 42.0. The molecule has 2 aliphatic heterocycles. The van der Waals surface area contributed by atoms with Gasteiger partial charge in [0.25, 0.3) is 0 Å². The standard InChI is InChI=1S/C15H22N6O8S/c1-15(2,3)28-13(23)17-5-9-11-8(6-20(18-11)12(22)16-4)10-7-19(9)14(24)21(10)29-30(25,26)27/h6,9-10H,5,7H2,1-4H3,(H,16,22)(H,17,23)(H,25,26,27)/t9?,10-/m1/s1. The third-order valence-electron chi connectivity index (χ3n) is 4.35. The van der Waals surface area contributed by atoms with Gasteiger partial charge >= 0.3 is 28.6 Å². The van der Waals surface area contributed by atoms with E-state index in [9.17, 15) is 22.8 Å². The highest BCUT2D eigenvalue weighted by atomic mass is 32.3. The number of carbonyl (C=O) groups excluding carboxylic acids is 3. The summed E-state index contributed by atoms with van der Waals surface area (Å²) in [5, 5.41) is 9.61. The third kappa shape index (κ3) is 4.31. The minimum Gasteiger partial charge on any atom is -0.444 e. The predicted octanol–water partition coefficient (Wildman–Crippen LogP) is 0.163. The Morgan fingerprint density at radius 3 is 2.60 bits per heavy atom. The maximum atomic E-state index is 12.7. The second-order valence-electron chi connectivity index (χ2n) is 7.65. The number of fused-ring (bicyclic) bond motifs is 4. The minimum atomic E-state index is -4.98. The Morgan fingerprint density at radius 2 is 2.03 bits per heavy atom. The first kappa shape index (κ1) is 21.8. The lowest BCUT2D eigenvalue weighted by atomic mass is 9.98. The summed E-state index contributed by atoms with van der Waals surface area (Å²) in [7, 11) is -3.58. The number of urea groups is 1. The van der Waals surface area contributed by atoms with Crippen molar-refractivity contribution in [1.82, 2.24) is 30.4 Å². The molecule has 1 aromatic rings. The van der Waals surface area contributed by atoms with Crippen molar-refractivity contribution in [1.29, 1.82) is 0 Å². The van der Waals surface area contributed by atoms with Gasteiger partial charge in [-0.2, -0.15) is 23.3 Å². The van der Waals surface area contributed by atoms with Gasteiger partial charge < -0.3 is 20.3 Å². The van der Waals surface area contributed by atoms with E-state index in [-0.39, 0.29) is 18.8 Å². The monoisotopic (exact) mass is 446 g/mol. The van der Waals surface area contributed by atoms with Gasteiger partial charge in [-0.3, -0.25) is 4.55 Å². The van der Waals surface area contributed by atoms with Crippen LogP contribution in [0.3, 0.4) is 0 Å². The Labute approximate surface area is 172 Å². The lowest BCUT2D eigenvalue weighted by molar-refractivity contribution is -0.0317. The summed E-state index contributed by atoms with van der Waals surface area (Å²) in [4.78, 5) is 37.9. The molecule has 2 aliphatic rings. The molecule has 0 aliphatic carbocycles. The van der Waals surface area contributed by atoms with Crippen molar-refractivity contribution in [2.75, 3.05) is 20.1 Å². The minimum absolute atomic E-state index is 0.0124. The van der Waals surface area contributed by atoms with Gasteiger partial charge in [0.05, 0.1) is 18.3 Å². The molecule has 0 aromatic carbocycles. The Bertz CT molecular complexity index is 984. The second kappa shape index (κ2) is 7.41. The molecule has 1 unspecified atom stereocenters. The molecule has 2 bridgehead atoms. The molecule has 0 radical (unpaired) electrons. The van der Waals surface area contributed by atoms with Crippen LogP contribution in [0.5, 0.6) is 0 Å². The van der Waals surface area contributed by atoms with E-state index in [2.05, 4.69) is 20.0 Å². The Balaban J connectivity index is 1.93. The largest absolute Gasteiger partial charge is 0.444 e. The number of rotatable bonds is 4. The summed E-state index contributed by atoms with van der Waals surface area (Å²) in [6.07, 6.45) is 0.602. The van der Waals surface area contributed by atoms with E-state index < -0.39 is 46.2 Å². The summed E-state index contributed by atoms with van der Waals surface area (Å²) >= 11 is 0. The second-order valence-corrected chi connectivity index (χ2v) is 8.65. The van der Waals surface area contributed by atoms with E-state index in [0.29, 0.717) is 10.6 Å². The molecule has 15 heteroatoms. The van der Waals surface area contributed by atoms with Gasteiger partial charge in [-0.1, -0.05) is 0 Å². The van der Waals surface area contributed by atoms with Crippen LogP contribution in [0.1, 0.15) is 44.1 Å². The first-order valence-electron chi connectivity index (χ1n) is 8.86. The average molecular weight is 446 g/mol. The van der Waals surface area contributed by atoms with E-state index >= 15 is 0 Å². The van der Waals surface area contributed by atoms with E-state index in [4.69, 9.17) is 9.29 Å². The van der Waals surface area contributed by atoms with E-state index in [0.717, 1.165) is 4.68 Å². The molecule has 14 nitrogen and oxygen atoms in total. The summed E-state index contributed by atoms with van der Waals surface area (Å²) in [5.74, 6) is 0. The zero-order valence-electron chi connectivity index (χ0n) is 16.6. The molecule has 3 rings (SSSR count). The van der Waals surface area contributed by atoms with Crippen molar-refractivity contribution in [3.05, 3.63) is 17.5 Å². The van der Waals surface area contributed by atoms with Gasteiger partial charge in [-0.25, -0.2) is 14.4 Å². The molecule has 3 heterocycles. The van der Waals surface area contributed by atoms with Crippen LogP contribution >= 0.6 is 0 Å². The number of hydroxylamine groups is 2. The Hall–Kier alpha value is -2.91. The van der Waals surface area contributed by atoms with Crippen molar-refractivity contribution in [2.45, 2.75) is 38.5 Å². The number of hydrogen-bond acceptors (Lipinski definition) is 8. The van der Waals surface area contributed by atoms with Gasteiger partial charge in [0.2, 0.25) is 0 Å². The van der Waals surface area contributed by atoms with Crippen LogP contribution in [0.4, 0.5) is 14.4 Å². The van der Waals surface area contributed by atoms with E-state index in [1.54, 1.807) is 20.8 Å². The van der Waals surface area contributed by atoms with Gasteiger partial charge in [0, 0.05) is 25.4 Å². The smallest absolute Gasteiger partial charge is 0.418 e. The fourth-order valence-electron chi connectivity index (χ4n) is 3.25. The maximum Gasteiger partial charge on any atom is 0.418 e. The fourth-order valence-corrected chi connectivity index (χ4v) is 3.62. The van der Waals surface area contributed by atoms with Gasteiger partial charge in [-0.15, -0.1) is 4.28 Å². The molecular formula is C15H22N6O8S. The number of carbonyl (C=O) groups is 3. The first-order valence-corrected chi connectivity index (χ1v) is 10.2. The number of nitrogens with one attached hydrogen (secondary N) is 2. The third-order valence-corrected chi connectivity index (χ3v) is 4.69. The van der Waals surface area contributed by atoms with Crippen LogP contribution in [0.25, 0.3) is 0 Å². The van der Waals surface area contributed by atoms with Gasteiger partial charge in [0.15, 0.2) is 0 Å². The van der Waals surface area contributed by atoms with Crippen molar-refractivity contribution < 1.29 is 36.4 Å². The van der Waals surface area contributed by atoms with Crippen LogP contribution < -0.4 is 10.6 Å². The fraction of sp³-hybridized carbons (Fsp3) is 0.600. The van der Waals surface area contributed by atoms with Gasteiger partial charge in [-0.05, 0) is 20.8 Å². The van der Waals surface area contributed by atoms with Crippen LogP contribution in [-0.4, -0.2) is 76.6 Å². The molecule has 1 aromatic heterocycles. The summed E-state index contributed by atoms with van der Waals surface area (Å²) in [6.45, 7) is 4.94. The number of ether oxygens (including phenoxy) is 1. The molecule has 1 fully saturated rings.